The Labute approximate surface area is 206 Å². The van der Waals surface area contributed by atoms with Gasteiger partial charge in [0, 0.05) is 12.0 Å². The summed E-state index contributed by atoms with van der Waals surface area (Å²) in [5.41, 5.74) is 0.778. The van der Waals surface area contributed by atoms with Crippen molar-refractivity contribution in [3.63, 3.8) is 0 Å². The summed E-state index contributed by atoms with van der Waals surface area (Å²) in [6, 6.07) is 0. The maximum atomic E-state index is 12.2. The van der Waals surface area contributed by atoms with Crippen LogP contribution in [0.2, 0.25) is 0 Å². The van der Waals surface area contributed by atoms with E-state index in [-0.39, 0.29) is 39.8 Å². The van der Waals surface area contributed by atoms with E-state index >= 15 is 0 Å². The van der Waals surface area contributed by atoms with E-state index in [1.165, 1.54) is 12.0 Å². The Kier molecular flexibility index (Phi) is 5.36. The summed E-state index contributed by atoms with van der Waals surface area (Å²) in [4.78, 5) is 12.2. The highest BCUT2D eigenvalue weighted by Crippen LogP contribution is 2.76. The molecule has 0 saturated heterocycles. The number of hydrogen-bond donors (Lipinski definition) is 3. The van der Waals surface area contributed by atoms with Gasteiger partial charge in [0.2, 0.25) is 0 Å². The number of carboxylic acid groups (broad SMARTS) is 1. The summed E-state index contributed by atoms with van der Waals surface area (Å²) in [5.74, 6) is 0.555. The first-order chi connectivity index (χ1) is 15.7. The Morgan fingerprint density at radius 1 is 0.853 bits per heavy atom. The average Bonchev–Trinajstić information content (AvgIpc) is 2.77. The van der Waals surface area contributed by atoms with Crippen LogP contribution in [0.4, 0.5) is 0 Å². The normalized spacial score (nSPS) is 54.1. The number of rotatable bonds is 2. The third kappa shape index (κ3) is 2.88. The van der Waals surface area contributed by atoms with Crippen molar-refractivity contribution in [1.82, 2.24) is 0 Å². The van der Waals surface area contributed by atoms with Gasteiger partial charge in [0.25, 0.3) is 0 Å². The van der Waals surface area contributed by atoms with Gasteiger partial charge in [-0.05, 0) is 111 Å². The van der Waals surface area contributed by atoms with Gasteiger partial charge in [0.1, 0.15) is 0 Å². The van der Waals surface area contributed by atoms with Gasteiger partial charge in [-0.15, -0.1) is 0 Å². The highest BCUT2D eigenvalue weighted by Gasteiger charge is 2.69. The van der Waals surface area contributed by atoms with Crippen molar-refractivity contribution in [3.8, 4) is 0 Å². The highest BCUT2D eigenvalue weighted by atomic mass is 16.4. The molecule has 0 amide bonds. The third-order valence-electron chi connectivity index (χ3n) is 13.3. The van der Waals surface area contributed by atoms with Crippen LogP contribution in [0.5, 0.6) is 0 Å². The molecule has 4 fully saturated rings. The quantitative estimate of drug-likeness (QED) is 0.418. The molecule has 5 aliphatic rings. The standard InChI is InChI=1S/C30H48O4/c1-25(2)21-9-11-29(6)22(30(21,18-31)12-10-23(25)32)8-7-19-20-17-27(4,24(33)34)14-13-26(20,3)15-16-28(19,29)5/h17,19,21-23,31-32H,7-16,18H2,1-6H3,(H,33,34). The summed E-state index contributed by atoms with van der Waals surface area (Å²) < 4.78 is 0. The van der Waals surface area contributed by atoms with Crippen LogP contribution in [-0.2, 0) is 4.79 Å². The fourth-order valence-electron chi connectivity index (χ4n) is 10.6. The summed E-state index contributed by atoms with van der Waals surface area (Å²) in [7, 11) is 0. The van der Waals surface area contributed by atoms with E-state index in [4.69, 9.17) is 0 Å². The molecule has 0 aromatic rings. The minimum Gasteiger partial charge on any atom is -0.481 e. The molecule has 0 aromatic heterocycles. The van der Waals surface area contributed by atoms with Crippen LogP contribution >= 0.6 is 0 Å². The molecule has 192 valence electrons. The third-order valence-corrected chi connectivity index (χ3v) is 13.3. The molecule has 4 saturated carbocycles. The van der Waals surface area contributed by atoms with Gasteiger partial charge in [0.05, 0.1) is 11.5 Å². The minimum absolute atomic E-state index is 0.110. The minimum atomic E-state index is -0.752. The van der Waals surface area contributed by atoms with Crippen molar-refractivity contribution < 1.29 is 20.1 Å². The summed E-state index contributed by atoms with van der Waals surface area (Å²) in [5, 5.41) is 32.0. The van der Waals surface area contributed by atoms with E-state index in [9.17, 15) is 20.1 Å². The molecule has 9 unspecified atom stereocenters. The summed E-state index contributed by atoms with van der Waals surface area (Å²) >= 11 is 0. The topological polar surface area (TPSA) is 77.8 Å². The van der Waals surface area contributed by atoms with E-state index < -0.39 is 11.4 Å². The van der Waals surface area contributed by atoms with Crippen molar-refractivity contribution >= 4 is 5.97 Å². The Balaban J connectivity index is 1.59. The number of aliphatic hydroxyl groups excluding tert-OH is 2. The maximum Gasteiger partial charge on any atom is 0.313 e. The molecule has 34 heavy (non-hydrogen) atoms. The molecule has 4 nitrogen and oxygen atoms in total. The lowest BCUT2D eigenvalue weighted by molar-refractivity contribution is -0.244. The molecule has 0 aliphatic heterocycles. The number of carboxylic acids is 1. The zero-order valence-corrected chi connectivity index (χ0v) is 22.4. The molecule has 0 aromatic carbocycles. The Morgan fingerprint density at radius 2 is 1.53 bits per heavy atom. The Hall–Kier alpha value is -0.870. The number of aliphatic hydroxyl groups is 2. The fourth-order valence-corrected chi connectivity index (χ4v) is 10.6. The van der Waals surface area contributed by atoms with Crippen LogP contribution in [0, 0.1) is 50.2 Å². The number of allylic oxidation sites excluding steroid dienone is 1. The van der Waals surface area contributed by atoms with E-state index in [0.29, 0.717) is 17.8 Å². The molecule has 0 radical (unpaired) electrons. The SMILES string of the molecule is CC1(C(=O)O)C=C2C3CCC4C5(CO)CCC(O)C(C)(C)C5CCC4(C)C3(C)CCC2(C)CC1. The average molecular weight is 473 g/mol. The van der Waals surface area contributed by atoms with E-state index in [1.807, 2.05) is 6.92 Å². The van der Waals surface area contributed by atoms with Gasteiger partial charge in [-0.25, -0.2) is 0 Å². The second-order valence-electron chi connectivity index (χ2n) is 14.8. The van der Waals surface area contributed by atoms with Crippen molar-refractivity contribution in [3.05, 3.63) is 11.6 Å². The van der Waals surface area contributed by atoms with Crippen LogP contribution < -0.4 is 0 Å². The highest BCUT2D eigenvalue weighted by molar-refractivity contribution is 5.77. The fraction of sp³-hybridized carbons (Fsp3) is 0.900. The van der Waals surface area contributed by atoms with Crippen LogP contribution in [0.15, 0.2) is 11.6 Å². The van der Waals surface area contributed by atoms with Gasteiger partial charge < -0.3 is 15.3 Å². The van der Waals surface area contributed by atoms with Gasteiger partial charge in [-0.2, -0.15) is 0 Å². The van der Waals surface area contributed by atoms with Crippen molar-refractivity contribution in [2.24, 2.45) is 50.2 Å². The van der Waals surface area contributed by atoms with Crippen molar-refractivity contribution in [2.75, 3.05) is 6.61 Å². The summed E-state index contributed by atoms with van der Waals surface area (Å²) in [6.45, 7) is 14.0. The van der Waals surface area contributed by atoms with Gasteiger partial charge >= 0.3 is 5.97 Å². The molecule has 0 heterocycles. The van der Waals surface area contributed by atoms with E-state index in [1.54, 1.807) is 0 Å². The first-order valence-corrected chi connectivity index (χ1v) is 14.0. The zero-order chi connectivity index (χ0) is 24.9. The largest absolute Gasteiger partial charge is 0.481 e. The first kappa shape index (κ1) is 24.8. The van der Waals surface area contributed by atoms with Crippen molar-refractivity contribution in [2.45, 2.75) is 112 Å². The first-order valence-electron chi connectivity index (χ1n) is 14.0. The molecule has 0 bridgehead atoms. The molecule has 5 aliphatic carbocycles. The van der Waals surface area contributed by atoms with Gasteiger partial charge in [-0.1, -0.05) is 46.3 Å². The predicted octanol–water partition coefficient (Wildman–Crippen LogP) is 6.21. The Morgan fingerprint density at radius 3 is 2.18 bits per heavy atom. The lowest BCUT2D eigenvalue weighted by atomic mass is 9.32. The number of fused-ring (bicyclic) bond motifs is 7. The second-order valence-corrected chi connectivity index (χ2v) is 14.8. The molecular formula is C30H48O4. The molecule has 5 rings (SSSR count). The second kappa shape index (κ2) is 7.34. The maximum absolute atomic E-state index is 12.2. The smallest absolute Gasteiger partial charge is 0.313 e. The van der Waals surface area contributed by atoms with Crippen LogP contribution in [-0.4, -0.2) is 34.0 Å². The van der Waals surface area contributed by atoms with Crippen LogP contribution in [0.3, 0.4) is 0 Å². The van der Waals surface area contributed by atoms with E-state index in [0.717, 1.165) is 57.8 Å². The number of carbonyl (C=O) groups is 1. The molecular weight excluding hydrogens is 424 g/mol. The van der Waals surface area contributed by atoms with Gasteiger partial charge in [0.15, 0.2) is 0 Å². The Bertz CT molecular complexity index is 907. The summed E-state index contributed by atoms with van der Waals surface area (Å²) in [6.07, 6.45) is 12.1. The predicted molar refractivity (Wildman–Crippen MR) is 134 cm³/mol. The zero-order valence-electron chi connectivity index (χ0n) is 22.4. The monoisotopic (exact) mass is 472 g/mol. The van der Waals surface area contributed by atoms with Crippen molar-refractivity contribution in [1.29, 1.82) is 0 Å². The van der Waals surface area contributed by atoms with Crippen LogP contribution in [0.1, 0.15) is 106 Å². The van der Waals surface area contributed by atoms with Crippen LogP contribution in [0.25, 0.3) is 0 Å². The molecule has 0 spiro atoms. The van der Waals surface area contributed by atoms with E-state index in [2.05, 4.69) is 40.7 Å². The lowest BCUT2D eigenvalue weighted by Gasteiger charge is -2.72. The van der Waals surface area contributed by atoms with Gasteiger partial charge in [-0.3, -0.25) is 4.79 Å². The molecule has 4 heteroatoms. The number of aliphatic carboxylic acids is 1. The molecule has 9 atom stereocenters. The number of hydrogen-bond acceptors (Lipinski definition) is 3. The molecule has 3 N–H and O–H groups in total. The lowest BCUT2D eigenvalue weighted by Crippen LogP contribution is -2.67.